The molecule has 1 aliphatic rings. The molecule has 0 radical (unpaired) electrons. The summed E-state index contributed by atoms with van der Waals surface area (Å²) in [5.41, 5.74) is 9.54. The fraction of sp³-hybridized carbons (Fsp3) is 0.333. The molecule has 0 fully saturated rings. The number of nitrogens with zero attached hydrogens (tertiary/aromatic N) is 1. The van der Waals surface area contributed by atoms with Crippen molar-refractivity contribution in [2.24, 2.45) is 5.92 Å². The summed E-state index contributed by atoms with van der Waals surface area (Å²) in [7, 11) is 0. The van der Waals surface area contributed by atoms with Gasteiger partial charge in [-0.2, -0.15) is 0 Å². The molecule has 2 aromatic carbocycles. The molecule has 1 heterocycles. The van der Waals surface area contributed by atoms with E-state index in [1.54, 1.807) is 23.1 Å². The van der Waals surface area contributed by atoms with Gasteiger partial charge in [0.15, 0.2) is 0 Å². The third-order valence-corrected chi connectivity index (χ3v) is 4.94. The Morgan fingerprint density at radius 1 is 1.25 bits per heavy atom. The molecule has 0 saturated heterocycles. The van der Waals surface area contributed by atoms with Gasteiger partial charge in [-0.1, -0.05) is 31.5 Å². The number of anilines is 3. The number of carbonyl (C=O) groups is 2. The zero-order valence-electron chi connectivity index (χ0n) is 16.0. The van der Waals surface area contributed by atoms with Crippen molar-refractivity contribution >= 4 is 52.9 Å². The first-order valence-corrected chi connectivity index (χ1v) is 9.53. The van der Waals surface area contributed by atoms with E-state index in [4.69, 9.17) is 17.3 Å². The summed E-state index contributed by atoms with van der Waals surface area (Å²) in [6.45, 7) is 4.57. The van der Waals surface area contributed by atoms with Gasteiger partial charge in [-0.15, -0.1) is 12.4 Å². The van der Waals surface area contributed by atoms with Gasteiger partial charge in [0, 0.05) is 30.0 Å². The summed E-state index contributed by atoms with van der Waals surface area (Å²) in [4.78, 5) is 27.0. The zero-order valence-corrected chi connectivity index (χ0v) is 17.6. The molecule has 0 unspecified atom stereocenters. The Kier molecular flexibility index (Phi) is 7.33. The average Bonchev–Trinajstić information content (AvgIpc) is 2.62. The predicted octanol–water partition coefficient (Wildman–Crippen LogP) is 4.92. The maximum Gasteiger partial charge on any atom is 0.259 e. The molecule has 150 valence electrons. The molecule has 0 aromatic heterocycles. The molecule has 0 aliphatic carbocycles. The van der Waals surface area contributed by atoms with Crippen molar-refractivity contribution in [3.63, 3.8) is 0 Å². The Bertz CT molecular complexity index is 884. The van der Waals surface area contributed by atoms with E-state index in [1.807, 2.05) is 32.0 Å². The van der Waals surface area contributed by atoms with Crippen LogP contribution in [0, 0.1) is 5.92 Å². The molecular weight excluding hydrogens is 397 g/mol. The van der Waals surface area contributed by atoms with Gasteiger partial charge < -0.3 is 16.0 Å². The van der Waals surface area contributed by atoms with Crippen LogP contribution in [0.4, 0.5) is 17.1 Å². The molecule has 5 nitrogen and oxygen atoms in total. The topological polar surface area (TPSA) is 75.4 Å². The van der Waals surface area contributed by atoms with Crippen molar-refractivity contribution in [3.05, 3.63) is 52.5 Å². The molecule has 0 atom stereocenters. The third kappa shape index (κ3) is 4.78. The van der Waals surface area contributed by atoms with E-state index < -0.39 is 0 Å². The van der Waals surface area contributed by atoms with E-state index in [1.165, 1.54) is 0 Å². The van der Waals surface area contributed by atoms with Crippen LogP contribution in [0.3, 0.4) is 0 Å². The van der Waals surface area contributed by atoms with Crippen LogP contribution in [0.15, 0.2) is 36.4 Å². The quantitative estimate of drug-likeness (QED) is 0.687. The number of amides is 2. The number of fused-ring (bicyclic) bond motifs is 1. The summed E-state index contributed by atoms with van der Waals surface area (Å²) in [5, 5.41) is 3.20. The molecule has 28 heavy (non-hydrogen) atoms. The molecule has 3 rings (SSSR count). The lowest BCUT2D eigenvalue weighted by molar-refractivity contribution is -0.116. The van der Waals surface area contributed by atoms with E-state index in [2.05, 4.69) is 5.32 Å². The molecule has 2 aromatic rings. The minimum Gasteiger partial charge on any atom is -0.398 e. The highest BCUT2D eigenvalue weighted by atomic mass is 35.5. The van der Waals surface area contributed by atoms with E-state index in [0.29, 0.717) is 34.9 Å². The first-order valence-electron chi connectivity index (χ1n) is 9.15. The Balaban J connectivity index is 0.00000280. The second kappa shape index (κ2) is 9.30. The Morgan fingerprint density at radius 2 is 2.00 bits per heavy atom. The predicted molar refractivity (Wildman–Crippen MR) is 118 cm³/mol. The van der Waals surface area contributed by atoms with Crippen molar-refractivity contribution in [2.45, 2.75) is 33.1 Å². The third-order valence-electron chi connectivity index (χ3n) is 4.61. The van der Waals surface area contributed by atoms with Gasteiger partial charge in [-0.05, 0) is 54.7 Å². The number of nitrogens with one attached hydrogen (secondary N) is 1. The lowest BCUT2D eigenvalue weighted by Gasteiger charge is -2.30. The van der Waals surface area contributed by atoms with Gasteiger partial charge >= 0.3 is 0 Å². The highest BCUT2D eigenvalue weighted by molar-refractivity contribution is 6.34. The van der Waals surface area contributed by atoms with Gasteiger partial charge in [-0.25, -0.2) is 0 Å². The summed E-state index contributed by atoms with van der Waals surface area (Å²) in [5.74, 6) is -0.0120. The second-order valence-corrected chi connectivity index (χ2v) is 7.65. The Labute approximate surface area is 176 Å². The van der Waals surface area contributed by atoms with Crippen LogP contribution in [0.25, 0.3) is 0 Å². The van der Waals surface area contributed by atoms with Crippen molar-refractivity contribution < 1.29 is 9.59 Å². The molecular formula is C21H25Cl2N3O2. The van der Waals surface area contributed by atoms with Gasteiger partial charge in [0.2, 0.25) is 5.91 Å². The number of rotatable bonds is 4. The monoisotopic (exact) mass is 421 g/mol. The van der Waals surface area contributed by atoms with Crippen molar-refractivity contribution in [1.82, 2.24) is 0 Å². The van der Waals surface area contributed by atoms with Crippen LogP contribution in [0.5, 0.6) is 0 Å². The minimum atomic E-state index is -0.188. The SMILES string of the molecule is CC(C)CC(=O)Nc1ccc(Cl)c(C(=O)N2CCCc3c(N)cccc32)c1.Cl. The fourth-order valence-electron chi connectivity index (χ4n) is 3.36. The second-order valence-electron chi connectivity index (χ2n) is 7.25. The number of nitrogens with two attached hydrogens (primary N) is 1. The lowest BCUT2D eigenvalue weighted by atomic mass is 9.99. The Hall–Kier alpha value is -2.24. The summed E-state index contributed by atoms with van der Waals surface area (Å²) >= 11 is 6.30. The normalized spacial score (nSPS) is 12.9. The molecule has 0 spiro atoms. The zero-order chi connectivity index (χ0) is 19.6. The van der Waals surface area contributed by atoms with Gasteiger partial charge in [0.1, 0.15) is 0 Å². The number of hydrogen-bond acceptors (Lipinski definition) is 3. The van der Waals surface area contributed by atoms with Crippen molar-refractivity contribution in [3.8, 4) is 0 Å². The number of nitrogen functional groups attached to an aromatic ring is 1. The first-order chi connectivity index (χ1) is 12.9. The maximum absolute atomic E-state index is 13.2. The molecule has 2 amide bonds. The van der Waals surface area contributed by atoms with E-state index in [0.717, 1.165) is 24.1 Å². The molecule has 3 N–H and O–H groups in total. The van der Waals surface area contributed by atoms with E-state index >= 15 is 0 Å². The van der Waals surface area contributed by atoms with Gasteiger partial charge in [-0.3, -0.25) is 9.59 Å². The smallest absolute Gasteiger partial charge is 0.259 e. The molecule has 0 saturated carbocycles. The van der Waals surface area contributed by atoms with Crippen LogP contribution in [-0.2, 0) is 11.2 Å². The van der Waals surface area contributed by atoms with Crippen LogP contribution in [0.2, 0.25) is 5.02 Å². The summed E-state index contributed by atoms with van der Waals surface area (Å²) < 4.78 is 0. The van der Waals surface area contributed by atoms with Crippen LogP contribution < -0.4 is 16.0 Å². The lowest BCUT2D eigenvalue weighted by Crippen LogP contribution is -2.36. The maximum atomic E-state index is 13.2. The van der Waals surface area contributed by atoms with Crippen LogP contribution in [-0.4, -0.2) is 18.4 Å². The first kappa shape index (κ1) is 22.1. The van der Waals surface area contributed by atoms with Crippen LogP contribution >= 0.6 is 24.0 Å². The summed E-state index contributed by atoms with van der Waals surface area (Å²) in [6.07, 6.45) is 2.12. The van der Waals surface area contributed by atoms with Crippen molar-refractivity contribution in [1.29, 1.82) is 0 Å². The minimum absolute atomic E-state index is 0. The molecule has 7 heteroatoms. The number of hydrogen-bond donors (Lipinski definition) is 2. The highest BCUT2D eigenvalue weighted by Crippen LogP contribution is 2.33. The highest BCUT2D eigenvalue weighted by Gasteiger charge is 2.26. The average molecular weight is 422 g/mol. The fourth-order valence-corrected chi connectivity index (χ4v) is 3.56. The molecule has 1 aliphatic heterocycles. The number of carbonyl (C=O) groups excluding carboxylic acids is 2. The van der Waals surface area contributed by atoms with Crippen LogP contribution in [0.1, 0.15) is 42.6 Å². The van der Waals surface area contributed by atoms with Gasteiger partial charge in [0.05, 0.1) is 10.6 Å². The summed E-state index contributed by atoms with van der Waals surface area (Å²) in [6, 6.07) is 10.6. The standard InChI is InChI=1S/C21H24ClN3O2.ClH/c1-13(2)11-20(26)24-14-8-9-17(22)16(12-14)21(27)25-10-4-5-15-18(23)6-3-7-19(15)25;/h3,6-9,12-13H,4-5,10-11,23H2,1-2H3,(H,24,26);1H. The number of benzene rings is 2. The van der Waals surface area contributed by atoms with Crippen molar-refractivity contribution in [2.75, 3.05) is 22.5 Å². The largest absolute Gasteiger partial charge is 0.398 e. The molecule has 0 bridgehead atoms. The Morgan fingerprint density at radius 3 is 2.71 bits per heavy atom. The number of halogens is 2. The van der Waals surface area contributed by atoms with E-state index in [9.17, 15) is 9.59 Å². The van der Waals surface area contributed by atoms with E-state index in [-0.39, 0.29) is 30.1 Å². The van der Waals surface area contributed by atoms with Gasteiger partial charge in [0.25, 0.3) is 5.91 Å².